The first-order chi connectivity index (χ1) is 7.60. The Bertz CT molecular complexity index is 358. The van der Waals surface area contributed by atoms with Gasteiger partial charge in [-0.1, -0.05) is 26.0 Å². The van der Waals surface area contributed by atoms with Crippen LogP contribution < -0.4 is 4.90 Å². The number of hydrogen-bond acceptors (Lipinski definition) is 2. The van der Waals surface area contributed by atoms with Crippen molar-refractivity contribution < 1.29 is 4.79 Å². The van der Waals surface area contributed by atoms with Crippen LogP contribution in [0.3, 0.4) is 0 Å². The van der Waals surface area contributed by atoms with E-state index in [1.165, 1.54) is 16.8 Å². The molecule has 2 nitrogen and oxygen atoms in total. The summed E-state index contributed by atoms with van der Waals surface area (Å²) in [5, 5.41) is 0. The van der Waals surface area contributed by atoms with Gasteiger partial charge >= 0.3 is 0 Å². The van der Waals surface area contributed by atoms with Crippen molar-refractivity contribution in [1.82, 2.24) is 0 Å². The minimum absolute atomic E-state index is 0.293. The topological polar surface area (TPSA) is 20.3 Å². The second-order valence-electron chi connectivity index (χ2n) is 4.44. The first-order valence-corrected chi connectivity index (χ1v) is 5.83. The lowest BCUT2D eigenvalue weighted by molar-refractivity contribution is -0.108. The second-order valence-corrected chi connectivity index (χ2v) is 4.44. The monoisotopic (exact) mass is 219 g/mol. The van der Waals surface area contributed by atoms with Gasteiger partial charge in [0, 0.05) is 26.2 Å². The van der Waals surface area contributed by atoms with Crippen LogP contribution in [0.15, 0.2) is 18.2 Å². The van der Waals surface area contributed by atoms with Crippen molar-refractivity contribution in [2.75, 3.05) is 19.0 Å². The van der Waals surface area contributed by atoms with Gasteiger partial charge in [-0.05, 0) is 29.5 Å². The Morgan fingerprint density at radius 2 is 2.06 bits per heavy atom. The van der Waals surface area contributed by atoms with Crippen LogP contribution in [0.2, 0.25) is 0 Å². The van der Waals surface area contributed by atoms with Gasteiger partial charge in [-0.2, -0.15) is 0 Å². The number of carbonyl (C=O) groups is 1. The molecule has 0 N–H and O–H groups in total. The minimum atomic E-state index is 0.293. The van der Waals surface area contributed by atoms with Crippen LogP contribution >= 0.6 is 0 Å². The Morgan fingerprint density at radius 1 is 1.38 bits per heavy atom. The van der Waals surface area contributed by atoms with Crippen molar-refractivity contribution in [2.24, 2.45) is 0 Å². The van der Waals surface area contributed by atoms with Gasteiger partial charge in [-0.25, -0.2) is 0 Å². The number of rotatable bonds is 5. The Morgan fingerprint density at radius 3 is 2.56 bits per heavy atom. The molecule has 0 aliphatic heterocycles. The van der Waals surface area contributed by atoms with E-state index in [9.17, 15) is 4.79 Å². The smallest absolute Gasteiger partial charge is 0.120 e. The number of aldehydes is 1. The molecule has 0 aliphatic carbocycles. The van der Waals surface area contributed by atoms with E-state index < -0.39 is 0 Å². The molecule has 0 amide bonds. The Balaban J connectivity index is 3.14. The van der Waals surface area contributed by atoms with Crippen LogP contribution in [-0.2, 0) is 11.2 Å². The van der Waals surface area contributed by atoms with Gasteiger partial charge in [0.05, 0.1) is 0 Å². The third-order valence-electron chi connectivity index (χ3n) is 2.96. The predicted molar refractivity (Wildman–Crippen MR) is 69.2 cm³/mol. The maximum Gasteiger partial charge on any atom is 0.120 e. The molecule has 0 aromatic heterocycles. The lowest BCUT2D eigenvalue weighted by Gasteiger charge is -2.21. The number of nitrogens with zero attached hydrogens (tertiary/aromatic N) is 1. The summed E-state index contributed by atoms with van der Waals surface area (Å²) >= 11 is 0. The van der Waals surface area contributed by atoms with Crippen LogP contribution in [-0.4, -0.2) is 20.4 Å². The number of aryl methyl sites for hydroxylation is 1. The zero-order chi connectivity index (χ0) is 12.1. The van der Waals surface area contributed by atoms with Gasteiger partial charge in [-0.15, -0.1) is 0 Å². The SMILES string of the molecule is CCc1ccc(N(C)C)c(C(C)CC=O)c1. The third-order valence-corrected chi connectivity index (χ3v) is 2.96. The Labute approximate surface area is 98.3 Å². The molecule has 0 saturated carbocycles. The van der Waals surface area contributed by atoms with E-state index in [-0.39, 0.29) is 0 Å². The molecular formula is C14H21NO. The van der Waals surface area contributed by atoms with E-state index in [4.69, 9.17) is 0 Å². The van der Waals surface area contributed by atoms with Crippen LogP contribution in [0.5, 0.6) is 0 Å². The lowest BCUT2D eigenvalue weighted by atomic mass is 9.94. The van der Waals surface area contributed by atoms with Crippen molar-refractivity contribution in [2.45, 2.75) is 32.6 Å². The summed E-state index contributed by atoms with van der Waals surface area (Å²) in [6, 6.07) is 6.53. The summed E-state index contributed by atoms with van der Waals surface area (Å²) in [5.74, 6) is 0.293. The second kappa shape index (κ2) is 5.69. The molecular weight excluding hydrogens is 198 g/mol. The van der Waals surface area contributed by atoms with Crippen LogP contribution in [0.25, 0.3) is 0 Å². The number of anilines is 1. The standard InChI is InChI=1S/C14H21NO/c1-5-12-6-7-14(15(3)4)13(10-12)11(2)8-9-16/h6-7,9-11H,5,8H2,1-4H3. The Hall–Kier alpha value is -1.31. The van der Waals surface area contributed by atoms with Gasteiger partial charge in [-0.3, -0.25) is 0 Å². The number of hydrogen-bond donors (Lipinski definition) is 0. The van der Waals surface area contributed by atoms with Gasteiger partial charge in [0.15, 0.2) is 0 Å². The molecule has 0 bridgehead atoms. The molecule has 88 valence electrons. The first-order valence-electron chi connectivity index (χ1n) is 5.83. The highest BCUT2D eigenvalue weighted by atomic mass is 16.1. The maximum absolute atomic E-state index is 10.6. The molecule has 0 radical (unpaired) electrons. The van der Waals surface area contributed by atoms with E-state index in [0.717, 1.165) is 12.7 Å². The number of carbonyl (C=O) groups excluding carboxylic acids is 1. The third kappa shape index (κ3) is 2.84. The molecule has 16 heavy (non-hydrogen) atoms. The van der Waals surface area contributed by atoms with E-state index in [2.05, 4.69) is 36.9 Å². The molecule has 0 spiro atoms. The van der Waals surface area contributed by atoms with E-state index in [1.54, 1.807) is 0 Å². The van der Waals surface area contributed by atoms with Gasteiger partial charge in [0.1, 0.15) is 6.29 Å². The maximum atomic E-state index is 10.6. The van der Waals surface area contributed by atoms with Crippen molar-refractivity contribution in [3.05, 3.63) is 29.3 Å². The summed E-state index contributed by atoms with van der Waals surface area (Å²) < 4.78 is 0. The van der Waals surface area contributed by atoms with Crippen molar-refractivity contribution in [3.63, 3.8) is 0 Å². The highest BCUT2D eigenvalue weighted by molar-refractivity contribution is 5.59. The average Bonchev–Trinajstić information content (AvgIpc) is 2.28. The molecule has 1 unspecified atom stereocenters. The fourth-order valence-corrected chi connectivity index (χ4v) is 1.90. The predicted octanol–water partition coefficient (Wildman–Crippen LogP) is 3.01. The summed E-state index contributed by atoms with van der Waals surface area (Å²) in [6.45, 7) is 4.26. The molecule has 1 atom stereocenters. The fraction of sp³-hybridized carbons (Fsp3) is 0.500. The van der Waals surface area contributed by atoms with Gasteiger partial charge in [0.2, 0.25) is 0 Å². The van der Waals surface area contributed by atoms with Crippen molar-refractivity contribution in [1.29, 1.82) is 0 Å². The molecule has 0 saturated heterocycles. The van der Waals surface area contributed by atoms with Crippen molar-refractivity contribution in [3.8, 4) is 0 Å². The normalized spacial score (nSPS) is 12.2. The first kappa shape index (κ1) is 12.8. The molecule has 0 aliphatic rings. The zero-order valence-electron chi connectivity index (χ0n) is 10.7. The van der Waals surface area contributed by atoms with Crippen LogP contribution in [0, 0.1) is 0 Å². The van der Waals surface area contributed by atoms with E-state index >= 15 is 0 Å². The van der Waals surface area contributed by atoms with Crippen molar-refractivity contribution >= 4 is 12.0 Å². The quantitative estimate of drug-likeness (QED) is 0.709. The summed E-state index contributed by atoms with van der Waals surface area (Å²) in [5.41, 5.74) is 3.82. The highest BCUT2D eigenvalue weighted by Crippen LogP contribution is 2.29. The zero-order valence-corrected chi connectivity index (χ0v) is 10.7. The average molecular weight is 219 g/mol. The van der Waals surface area contributed by atoms with Crippen LogP contribution in [0.4, 0.5) is 5.69 Å². The minimum Gasteiger partial charge on any atom is -0.377 e. The summed E-state index contributed by atoms with van der Waals surface area (Å²) in [4.78, 5) is 12.7. The van der Waals surface area contributed by atoms with E-state index in [1.807, 2.05) is 14.1 Å². The van der Waals surface area contributed by atoms with E-state index in [0.29, 0.717) is 12.3 Å². The molecule has 1 aromatic carbocycles. The largest absolute Gasteiger partial charge is 0.377 e. The molecule has 1 aromatic rings. The van der Waals surface area contributed by atoms with Gasteiger partial charge < -0.3 is 9.69 Å². The van der Waals surface area contributed by atoms with Crippen LogP contribution in [0.1, 0.15) is 37.3 Å². The lowest BCUT2D eigenvalue weighted by Crippen LogP contribution is -2.13. The fourth-order valence-electron chi connectivity index (χ4n) is 1.90. The summed E-state index contributed by atoms with van der Waals surface area (Å²) in [6.07, 6.45) is 2.63. The van der Waals surface area contributed by atoms with Gasteiger partial charge in [0.25, 0.3) is 0 Å². The Kier molecular flexibility index (Phi) is 4.53. The highest BCUT2D eigenvalue weighted by Gasteiger charge is 2.12. The molecule has 1 rings (SSSR count). The number of benzene rings is 1. The molecule has 0 fully saturated rings. The molecule has 0 heterocycles. The molecule has 2 heteroatoms. The summed E-state index contributed by atoms with van der Waals surface area (Å²) in [7, 11) is 4.08.